The van der Waals surface area contributed by atoms with Crippen molar-refractivity contribution in [2.75, 3.05) is 46.1 Å². The number of likely N-dealkylation sites (tertiary alicyclic amines) is 1. The van der Waals surface area contributed by atoms with E-state index in [1.807, 2.05) is 20.8 Å². The molecule has 0 atom stereocenters. The zero-order valence-electron chi connectivity index (χ0n) is 18.0. The number of alkyl halides is 6. The smallest absolute Gasteiger partial charge is 0.421 e. The molecule has 1 fully saturated rings. The first-order valence-corrected chi connectivity index (χ1v) is 14.2. The van der Waals surface area contributed by atoms with Crippen LogP contribution in [0.5, 0.6) is 0 Å². The first kappa shape index (κ1) is 31.5. The molecule has 0 aromatic heterocycles. The van der Waals surface area contributed by atoms with Crippen LogP contribution in [0.1, 0.15) is 33.6 Å². The quantitative estimate of drug-likeness (QED) is 0.237. The zero-order valence-corrected chi connectivity index (χ0v) is 20.6. The van der Waals surface area contributed by atoms with Gasteiger partial charge in [0.2, 0.25) is 0 Å². The molecule has 0 spiro atoms. The molecule has 1 rings (SSSR count). The average molecular weight is 543 g/mol. The summed E-state index contributed by atoms with van der Waals surface area (Å²) in [5.41, 5.74) is -12.4. The van der Waals surface area contributed by atoms with Crippen molar-refractivity contribution in [2.45, 2.75) is 44.6 Å². The van der Waals surface area contributed by atoms with Crippen LogP contribution in [0.15, 0.2) is 0 Å². The minimum Gasteiger partial charge on any atom is -0.421 e. The van der Waals surface area contributed by atoms with E-state index in [1.165, 1.54) is 25.9 Å². The Bertz CT molecular complexity index is 725. The fraction of sp³-hybridized carbons (Fsp3) is 1.00. The SMILES string of the molecule is CCO[Si](C[N+]1(C)CCCC1)(OCC)OCC.O=S(=O)([N-]S(=O)(=O)C(F)(F)F)C(F)(F)F. The van der Waals surface area contributed by atoms with Gasteiger partial charge in [0.25, 0.3) is 0 Å². The topological polar surface area (TPSA) is 110 Å². The molecule has 0 amide bonds. The highest BCUT2D eigenvalue weighted by Gasteiger charge is 2.50. The standard InChI is InChI=1S/C12H28NO3Si.C2F6NO4S2/c1-5-14-17(15-6-2,16-7-3)12-13(4)10-8-9-11-13;3-1(4,5)14(10,11)9-15(12,13)2(6,7)8/h5-12H2,1-4H3;/q+1;-1. The highest BCUT2D eigenvalue weighted by atomic mass is 32.3. The predicted molar refractivity (Wildman–Crippen MR) is 104 cm³/mol. The largest absolute Gasteiger partial charge is 0.559 e. The fourth-order valence-electron chi connectivity index (χ4n) is 2.86. The van der Waals surface area contributed by atoms with Gasteiger partial charge in [-0.25, -0.2) is 16.8 Å². The van der Waals surface area contributed by atoms with E-state index < -0.39 is 39.9 Å². The summed E-state index contributed by atoms with van der Waals surface area (Å²) in [6.07, 6.45) is 3.54. The number of rotatable bonds is 10. The molecule has 194 valence electrons. The van der Waals surface area contributed by atoms with E-state index in [-0.39, 0.29) is 0 Å². The Balaban J connectivity index is 0.000000607. The molecule has 0 saturated carbocycles. The van der Waals surface area contributed by atoms with Gasteiger partial charge in [0.15, 0.2) is 20.0 Å². The number of sulfonamides is 2. The van der Waals surface area contributed by atoms with Crippen LogP contribution in [0.2, 0.25) is 0 Å². The van der Waals surface area contributed by atoms with Gasteiger partial charge in [0, 0.05) is 32.7 Å². The van der Waals surface area contributed by atoms with Crippen molar-refractivity contribution in [1.82, 2.24) is 0 Å². The van der Waals surface area contributed by atoms with E-state index in [0.717, 1.165) is 14.8 Å². The molecular weight excluding hydrogens is 514 g/mol. The Morgan fingerprint density at radius 1 is 0.781 bits per heavy atom. The van der Waals surface area contributed by atoms with Crippen molar-refractivity contribution in [3.05, 3.63) is 4.13 Å². The lowest BCUT2D eigenvalue weighted by Crippen LogP contribution is -2.61. The predicted octanol–water partition coefficient (Wildman–Crippen LogP) is 2.87. The summed E-state index contributed by atoms with van der Waals surface area (Å²) >= 11 is 0. The lowest BCUT2D eigenvalue weighted by molar-refractivity contribution is -0.890. The van der Waals surface area contributed by atoms with Crippen molar-refractivity contribution in [1.29, 1.82) is 0 Å². The van der Waals surface area contributed by atoms with E-state index in [4.69, 9.17) is 13.3 Å². The Morgan fingerprint density at radius 3 is 1.34 bits per heavy atom. The summed E-state index contributed by atoms with van der Waals surface area (Å²) in [6, 6.07) is 0. The molecule has 0 radical (unpaired) electrons. The Hall–Kier alpha value is -0.503. The number of hydrogen-bond donors (Lipinski definition) is 0. The van der Waals surface area contributed by atoms with E-state index in [0.29, 0.717) is 19.8 Å². The third kappa shape index (κ3) is 9.39. The minimum atomic E-state index is -6.72. The van der Waals surface area contributed by atoms with Crippen molar-refractivity contribution in [2.24, 2.45) is 0 Å². The fourth-order valence-corrected chi connectivity index (χ4v) is 7.66. The molecule has 1 aliphatic rings. The molecule has 1 heterocycles. The second-order valence-electron chi connectivity index (χ2n) is 6.83. The van der Waals surface area contributed by atoms with Crippen LogP contribution in [0, 0.1) is 0 Å². The van der Waals surface area contributed by atoms with Gasteiger partial charge < -0.3 is 21.9 Å². The van der Waals surface area contributed by atoms with E-state index >= 15 is 0 Å². The highest BCUT2D eigenvalue weighted by Crippen LogP contribution is 2.36. The monoisotopic (exact) mass is 542 g/mol. The molecule has 18 heteroatoms. The number of halogens is 6. The maximum Gasteiger partial charge on any atom is 0.559 e. The molecule has 0 aromatic carbocycles. The summed E-state index contributed by atoms with van der Waals surface area (Å²) in [5, 5.41) is 0. The zero-order chi connectivity index (χ0) is 25.5. The molecule has 9 nitrogen and oxygen atoms in total. The second-order valence-corrected chi connectivity index (χ2v) is 12.8. The van der Waals surface area contributed by atoms with Crippen LogP contribution in [0.3, 0.4) is 0 Å². The van der Waals surface area contributed by atoms with Crippen molar-refractivity contribution >= 4 is 28.9 Å². The van der Waals surface area contributed by atoms with Crippen molar-refractivity contribution in [3.63, 3.8) is 0 Å². The van der Waals surface area contributed by atoms with Gasteiger partial charge in [-0.1, -0.05) is 0 Å². The summed E-state index contributed by atoms with van der Waals surface area (Å²) in [4.78, 5) is 0. The van der Waals surface area contributed by atoms with Gasteiger partial charge in [0.05, 0.1) is 20.1 Å². The van der Waals surface area contributed by atoms with Gasteiger partial charge in [-0.15, -0.1) is 0 Å². The van der Waals surface area contributed by atoms with Crippen LogP contribution in [-0.4, -0.2) is 87.3 Å². The van der Waals surface area contributed by atoms with E-state index in [2.05, 4.69) is 7.05 Å². The molecule has 1 saturated heterocycles. The normalized spacial score (nSPS) is 17.7. The Labute approximate surface area is 185 Å². The molecule has 1 aliphatic heterocycles. The highest BCUT2D eigenvalue weighted by molar-refractivity contribution is 8.13. The number of nitrogens with zero attached hydrogens (tertiary/aromatic N) is 2. The van der Waals surface area contributed by atoms with Crippen LogP contribution >= 0.6 is 0 Å². The first-order valence-electron chi connectivity index (χ1n) is 9.42. The van der Waals surface area contributed by atoms with Gasteiger partial charge in [-0.3, -0.25) is 0 Å². The summed E-state index contributed by atoms with van der Waals surface area (Å²) in [5.74, 6) is 0. The summed E-state index contributed by atoms with van der Waals surface area (Å²) in [6.45, 7) is 10.5. The lowest BCUT2D eigenvalue weighted by atomic mass is 10.4. The number of hydrogen-bond acceptors (Lipinski definition) is 7. The van der Waals surface area contributed by atoms with Gasteiger partial charge >= 0.3 is 19.8 Å². The Morgan fingerprint density at radius 2 is 1.09 bits per heavy atom. The minimum absolute atomic E-state index is 0.673. The van der Waals surface area contributed by atoms with Crippen molar-refractivity contribution < 1.29 is 60.9 Å². The first-order chi connectivity index (χ1) is 14.3. The van der Waals surface area contributed by atoms with Crippen LogP contribution in [0.4, 0.5) is 26.3 Å². The van der Waals surface area contributed by atoms with Crippen LogP contribution in [0.25, 0.3) is 4.13 Å². The molecule has 0 unspecified atom stereocenters. The molecule has 32 heavy (non-hydrogen) atoms. The molecule has 0 N–H and O–H groups in total. The summed E-state index contributed by atoms with van der Waals surface area (Å²) in [7, 11) is -13.6. The molecule has 0 aromatic rings. The van der Waals surface area contributed by atoms with Crippen LogP contribution < -0.4 is 0 Å². The van der Waals surface area contributed by atoms with E-state index in [1.54, 1.807) is 0 Å². The number of quaternary nitrogens is 1. The maximum absolute atomic E-state index is 11.4. The van der Waals surface area contributed by atoms with Crippen LogP contribution in [-0.2, 0) is 33.3 Å². The summed E-state index contributed by atoms with van der Waals surface area (Å²) < 4.78 is 128. The molecule has 0 aliphatic carbocycles. The van der Waals surface area contributed by atoms with Gasteiger partial charge in [0.1, 0.15) is 6.17 Å². The van der Waals surface area contributed by atoms with Crippen molar-refractivity contribution in [3.8, 4) is 0 Å². The van der Waals surface area contributed by atoms with Gasteiger partial charge in [-0.2, -0.15) is 26.3 Å². The Kier molecular flexibility index (Phi) is 11.6. The van der Waals surface area contributed by atoms with E-state index in [9.17, 15) is 43.2 Å². The maximum atomic E-state index is 11.4. The second kappa shape index (κ2) is 11.8. The van der Waals surface area contributed by atoms with Gasteiger partial charge in [-0.05, 0) is 20.8 Å². The molecule has 0 bridgehead atoms. The molecular formula is C14H28F6N2O7S2Si. The average Bonchev–Trinajstić information content (AvgIpc) is 2.99. The third-order valence-electron chi connectivity index (χ3n) is 4.10. The lowest BCUT2D eigenvalue weighted by Gasteiger charge is -2.37. The third-order valence-corrected chi connectivity index (χ3v) is 10.2.